The highest BCUT2D eigenvalue weighted by molar-refractivity contribution is 7.80. The van der Waals surface area contributed by atoms with Gasteiger partial charge in [-0.3, -0.25) is 0 Å². The minimum atomic E-state index is 0.508. The monoisotopic (exact) mass is 285 g/mol. The fraction of sp³-hybridized carbons (Fsp3) is 0.235. The lowest BCUT2D eigenvalue weighted by Crippen LogP contribution is -2.10. The Morgan fingerprint density at radius 1 is 1.10 bits per heavy atom. The molecule has 2 N–H and O–H groups in total. The molecule has 104 valence electrons. The van der Waals surface area contributed by atoms with Gasteiger partial charge >= 0.3 is 0 Å². The molecule has 0 unspecified atom stereocenters. The van der Waals surface area contributed by atoms with Crippen molar-refractivity contribution < 1.29 is 4.74 Å². The highest BCUT2D eigenvalue weighted by atomic mass is 32.1. The van der Waals surface area contributed by atoms with Crippen LogP contribution in [0.1, 0.15) is 22.3 Å². The molecule has 2 rings (SSSR count). The Hall–Kier alpha value is -1.87. The Kier molecular flexibility index (Phi) is 4.74. The molecule has 0 aliphatic carbocycles. The summed E-state index contributed by atoms with van der Waals surface area (Å²) in [6.45, 7) is 4.78. The highest BCUT2D eigenvalue weighted by Gasteiger charge is 2.01. The van der Waals surface area contributed by atoms with Crippen LogP contribution in [0.4, 0.5) is 0 Å². The molecular formula is C17H19NOS. The van der Waals surface area contributed by atoms with Crippen molar-refractivity contribution in [3.63, 3.8) is 0 Å². The van der Waals surface area contributed by atoms with Gasteiger partial charge in [0.25, 0.3) is 0 Å². The van der Waals surface area contributed by atoms with Gasteiger partial charge in [-0.05, 0) is 42.7 Å². The summed E-state index contributed by atoms with van der Waals surface area (Å²) >= 11 is 4.90. The van der Waals surface area contributed by atoms with Crippen molar-refractivity contribution >= 4 is 17.2 Å². The maximum Gasteiger partial charge on any atom is 0.119 e. The molecule has 0 saturated carbocycles. The first-order chi connectivity index (χ1) is 9.54. The predicted molar refractivity (Wildman–Crippen MR) is 87.2 cm³/mol. The van der Waals surface area contributed by atoms with Gasteiger partial charge in [0, 0.05) is 6.42 Å². The molecule has 0 aromatic heterocycles. The Morgan fingerprint density at radius 2 is 1.80 bits per heavy atom. The Balaban J connectivity index is 2.00. The lowest BCUT2D eigenvalue weighted by atomic mass is 10.1. The van der Waals surface area contributed by atoms with Crippen LogP contribution in [0.3, 0.4) is 0 Å². The van der Waals surface area contributed by atoms with Gasteiger partial charge < -0.3 is 10.5 Å². The smallest absolute Gasteiger partial charge is 0.119 e. The summed E-state index contributed by atoms with van der Waals surface area (Å²) in [5.74, 6) is 0.859. The summed E-state index contributed by atoms with van der Waals surface area (Å²) in [5, 5.41) is 0. The number of rotatable bonds is 5. The third-order valence-corrected chi connectivity index (χ3v) is 3.35. The van der Waals surface area contributed by atoms with E-state index in [2.05, 4.69) is 32.0 Å². The minimum Gasteiger partial charge on any atom is -0.489 e. The number of nitrogens with two attached hydrogens (primary N) is 1. The zero-order valence-electron chi connectivity index (χ0n) is 11.8. The second kappa shape index (κ2) is 6.53. The van der Waals surface area contributed by atoms with Crippen LogP contribution in [0, 0.1) is 13.8 Å². The van der Waals surface area contributed by atoms with Crippen LogP contribution in [0.15, 0.2) is 42.5 Å². The molecule has 0 radical (unpaired) electrons. The number of benzene rings is 2. The van der Waals surface area contributed by atoms with E-state index in [4.69, 9.17) is 22.7 Å². The fourth-order valence-electron chi connectivity index (χ4n) is 2.02. The lowest BCUT2D eigenvalue weighted by Gasteiger charge is -2.10. The lowest BCUT2D eigenvalue weighted by molar-refractivity contribution is 0.305. The van der Waals surface area contributed by atoms with E-state index in [-0.39, 0.29) is 0 Å². The van der Waals surface area contributed by atoms with Crippen molar-refractivity contribution in [3.05, 3.63) is 64.7 Å². The molecule has 3 heteroatoms. The van der Waals surface area contributed by atoms with Gasteiger partial charge in [0.1, 0.15) is 12.4 Å². The van der Waals surface area contributed by atoms with E-state index in [9.17, 15) is 0 Å². The maximum absolute atomic E-state index is 5.82. The van der Waals surface area contributed by atoms with Gasteiger partial charge in [0.15, 0.2) is 0 Å². The SMILES string of the molecule is Cc1ccc(C)c(COc2ccc(CC(N)=S)cc2)c1. The first-order valence-corrected chi connectivity index (χ1v) is 7.01. The Bertz CT molecular complexity index is 605. The van der Waals surface area contributed by atoms with E-state index in [1.54, 1.807) is 0 Å². The molecule has 0 aliphatic heterocycles. The second-order valence-corrected chi connectivity index (χ2v) is 5.53. The number of hydrogen-bond acceptors (Lipinski definition) is 2. The van der Waals surface area contributed by atoms with E-state index in [1.807, 2.05) is 24.3 Å². The summed E-state index contributed by atoms with van der Waals surface area (Å²) in [5.41, 5.74) is 10.4. The van der Waals surface area contributed by atoms with Crippen LogP contribution in [0.25, 0.3) is 0 Å². The number of thiocarbonyl (C=S) groups is 1. The van der Waals surface area contributed by atoms with Crippen LogP contribution < -0.4 is 10.5 Å². The highest BCUT2D eigenvalue weighted by Crippen LogP contribution is 2.17. The number of aryl methyl sites for hydroxylation is 2. The summed E-state index contributed by atoms with van der Waals surface area (Å²) in [4.78, 5) is 0.508. The van der Waals surface area contributed by atoms with Gasteiger partial charge in [-0.2, -0.15) is 0 Å². The summed E-state index contributed by atoms with van der Waals surface area (Å²) < 4.78 is 5.82. The van der Waals surface area contributed by atoms with Crippen LogP contribution in [0.5, 0.6) is 5.75 Å². The number of ether oxygens (including phenoxy) is 1. The third-order valence-electron chi connectivity index (χ3n) is 3.20. The minimum absolute atomic E-state index is 0.508. The molecule has 0 saturated heterocycles. The maximum atomic E-state index is 5.82. The zero-order valence-corrected chi connectivity index (χ0v) is 12.7. The van der Waals surface area contributed by atoms with Crippen molar-refractivity contribution in [2.24, 2.45) is 5.73 Å². The largest absolute Gasteiger partial charge is 0.489 e. The Labute approximate surface area is 125 Å². The first-order valence-electron chi connectivity index (χ1n) is 6.61. The first kappa shape index (κ1) is 14.5. The zero-order chi connectivity index (χ0) is 14.5. The summed E-state index contributed by atoms with van der Waals surface area (Å²) in [6, 6.07) is 14.3. The number of hydrogen-bond donors (Lipinski definition) is 1. The second-order valence-electron chi connectivity index (χ2n) is 5.01. The quantitative estimate of drug-likeness (QED) is 0.851. The average molecular weight is 285 g/mol. The molecule has 0 atom stereocenters. The van der Waals surface area contributed by atoms with Crippen LogP contribution in [0.2, 0.25) is 0 Å². The van der Waals surface area contributed by atoms with Crippen LogP contribution in [-0.4, -0.2) is 4.99 Å². The third kappa shape index (κ3) is 4.07. The van der Waals surface area contributed by atoms with E-state index in [0.29, 0.717) is 18.0 Å². The van der Waals surface area contributed by atoms with Gasteiger partial charge in [-0.25, -0.2) is 0 Å². The van der Waals surface area contributed by atoms with Crippen molar-refractivity contribution in [2.75, 3.05) is 0 Å². The van der Waals surface area contributed by atoms with Crippen molar-refractivity contribution in [2.45, 2.75) is 26.9 Å². The van der Waals surface area contributed by atoms with E-state index >= 15 is 0 Å². The van der Waals surface area contributed by atoms with E-state index in [0.717, 1.165) is 11.3 Å². The molecule has 0 spiro atoms. The van der Waals surface area contributed by atoms with Gasteiger partial charge in [0.2, 0.25) is 0 Å². The van der Waals surface area contributed by atoms with Crippen molar-refractivity contribution in [1.29, 1.82) is 0 Å². The van der Waals surface area contributed by atoms with Crippen molar-refractivity contribution in [3.8, 4) is 5.75 Å². The Morgan fingerprint density at radius 3 is 2.45 bits per heavy atom. The van der Waals surface area contributed by atoms with Crippen molar-refractivity contribution in [1.82, 2.24) is 0 Å². The predicted octanol–water partition coefficient (Wildman–Crippen LogP) is 3.71. The average Bonchev–Trinajstić information content (AvgIpc) is 2.41. The molecular weight excluding hydrogens is 266 g/mol. The molecule has 0 bridgehead atoms. The van der Waals surface area contributed by atoms with Crippen LogP contribution in [-0.2, 0) is 13.0 Å². The molecule has 2 nitrogen and oxygen atoms in total. The van der Waals surface area contributed by atoms with Gasteiger partial charge in [-0.15, -0.1) is 0 Å². The van der Waals surface area contributed by atoms with Crippen LogP contribution >= 0.6 is 12.2 Å². The molecule has 2 aromatic carbocycles. The van der Waals surface area contributed by atoms with Gasteiger partial charge in [-0.1, -0.05) is 48.1 Å². The standard InChI is InChI=1S/C17H19NOS/c1-12-3-4-13(2)15(9-12)11-19-16-7-5-14(6-8-16)10-17(18)20/h3-9H,10-11H2,1-2H3,(H2,18,20). The summed E-state index contributed by atoms with van der Waals surface area (Å²) in [7, 11) is 0. The molecule has 0 fully saturated rings. The molecule has 20 heavy (non-hydrogen) atoms. The van der Waals surface area contributed by atoms with E-state index < -0.39 is 0 Å². The molecule has 0 aliphatic rings. The summed E-state index contributed by atoms with van der Waals surface area (Å²) in [6.07, 6.45) is 0.632. The van der Waals surface area contributed by atoms with E-state index in [1.165, 1.54) is 16.7 Å². The normalized spacial score (nSPS) is 10.3. The van der Waals surface area contributed by atoms with Gasteiger partial charge in [0.05, 0.1) is 4.99 Å². The topological polar surface area (TPSA) is 35.2 Å². The fourth-order valence-corrected chi connectivity index (χ4v) is 2.19. The molecule has 0 amide bonds. The molecule has 0 heterocycles. The molecule has 2 aromatic rings.